The van der Waals surface area contributed by atoms with E-state index in [0.717, 1.165) is 12.0 Å². The molecule has 1 aliphatic rings. The molecule has 1 N–H and O–H groups in total. The highest BCUT2D eigenvalue weighted by Crippen LogP contribution is 2.43. The van der Waals surface area contributed by atoms with Gasteiger partial charge >= 0.3 is 5.97 Å². The van der Waals surface area contributed by atoms with E-state index in [2.05, 4.69) is 0 Å². The molecule has 1 unspecified atom stereocenters. The van der Waals surface area contributed by atoms with Crippen molar-refractivity contribution in [1.29, 1.82) is 0 Å². The molecular formula is C17H22ClNO3. The van der Waals surface area contributed by atoms with Crippen LogP contribution in [0.1, 0.15) is 51.6 Å². The monoisotopic (exact) mass is 323 g/mol. The van der Waals surface area contributed by atoms with Gasteiger partial charge in [0.1, 0.15) is 0 Å². The van der Waals surface area contributed by atoms with E-state index in [-0.39, 0.29) is 24.4 Å². The topological polar surface area (TPSA) is 57.6 Å². The molecule has 0 spiro atoms. The first kappa shape index (κ1) is 16.8. The van der Waals surface area contributed by atoms with Crippen LogP contribution in [0.5, 0.6) is 0 Å². The fourth-order valence-corrected chi connectivity index (χ4v) is 3.38. The minimum absolute atomic E-state index is 0.0154. The number of carboxylic acid groups (broad SMARTS) is 1. The Morgan fingerprint density at radius 1 is 1.41 bits per heavy atom. The number of piperidine rings is 1. The molecule has 1 saturated heterocycles. The van der Waals surface area contributed by atoms with Crippen LogP contribution in [-0.4, -0.2) is 27.9 Å². The Hall–Kier alpha value is -1.55. The van der Waals surface area contributed by atoms with E-state index in [9.17, 15) is 9.59 Å². The zero-order valence-corrected chi connectivity index (χ0v) is 13.9. The van der Waals surface area contributed by atoms with Crippen LogP contribution in [0, 0.1) is 5.41 Å². The van der Waals surface area contributed by atoms with Crippen LogP contribution in [0.25, 0.3) is 0 Å². The number of carbonyl (C=O) groups is 2. The quantitative estimate of drug-likeness (QED) is 0.914. The summed E-state index contributed by atoms with van der Waals surface area (Å²) in [6.45, 7) is 5.69. The van der Waals surface area contributed by atoms with Crippen molar-refractivity contribution in [2.45, 2.75) is 52.1 Å². The molecule has 1 aromatic carbocycles. The summed E-state index contributed by atoms with van der Waals surface area (Å²) >= 11 is 5.93. The second-order valence-electron chi connectivity index (χ2n) is 6.54. The van der Waals surface area contributed by atoms with Gasteiger partial charge in [-0.1, -0.05) is 30.7 Å². The molecule has 120 valence electrons. The lowest BCUT2D eigenvalue weighted by molar-refractivity contribution is -0.158. The van der Waals surface area contributed by atoms with Crippen molar-refractivity contribution < 1.29 is 14.7 Å². The number of benzene rings is 1. The van der Waals surface area contributed by atoms with E-state index in [0.29, 0.717) is 11.4 Å². The highest BCUT2D eigenvalue weighted by Gasteiger charge is 2.46. The van der Waals surface area contributed by atoms with Gasteiger partial charge in [-0.05, 0) is 44.4 Å². The Kier molecular flexibility index (Phi) is 4.81. The van der Waals surface area contributed by atoms with Crippen molar-refractivity contribution >= 4 is 23.5 Å². The van der Waals surface area contributed by atoms with Crippen LogP contribution in [0.3, 0.4) is 0 Å². The Balaban J connectivity index is 2.33. The average Bonchev–Trinajstić information content (AvgIpc) is 2.41. The molecule has 0 aromatic heterocycles. The largest absolute Gasteiger partial charge is 0.481 e. The third-order valence-electron chi connectivity index (χ3n) is 4.41. The van der Waals surface area contributed by atoms with Gasteiger partial charge in [0.15, 0.2) is 0 Å². The second kappa shape index (κ2) is 6.29. The Bertz CT molecular complexity index is 570. The molecular weight excluding hydrogens is 302 g/mol. The van der Waals surface area contributed by atoms with Crippen LogP contribution >= 0.6 is 11.6 Å². The van der Waals surface area contributed by atoms with Gasteiger partial charge in [0.05, 0.1) is 17.9 Å². The van der Waals surface area contributed by atoms with E-state index >= 15 is 0 Å². The predicted molar refractivity (Wildman–Crippen MR) is 85.8 cm³/mol. The summed E-state index contributed by atoms with van der Waals surface area (Å²) in [6, 6.07) is 7.52. The lowest BCUT2D eigenvalue weighted by Gasteiger charge is -2.46. The molecule has 2 rings (SSSR count). The van der Waals surface area contributed by atoms with Crippen molar-refractivity contribution in [2.24, 2.45) is 5.41 Å². The Labute approximate surface area is 136 Å². The van der Waals surface area contributed by atoms with Crippen molar-refractivity contribution in [3.63, 3.8) is 0 Å². The number of hydrogen-bond donors (Lipinski definition) is 1. The number of rotatable bonds is 4. The third-order valence-corrected chi connectivity index (χ3v) is 4.66. The fraction of sp³-hybridized carbons (Fsp3) is 0.529. The highest BCUT2D eigenvalue weighted by atomic mass is 35.5. The van der Waals surface area contributed by atoms with Crippen LogP contribution < -0.4 is 0 Å². The maximum Gasteiger partial charge on any atom is 0.304 e. The lowest BCUT2D eigenvalue weighted by Crippen LogP contribution is -2.52. The first-order valence-electron chi connectivity index (χ1n) is 7.54. The minimum Gasteiger partial charge on any atom is -0.481 e. The van der Waals surface area contributed by atoms with Crippen molar-refractivity contribution in [3.05, 3.63) is 34.9 Å². The van der Waals surface area contributed by atoms with Gasteiger partial charge in [-0.15, -0.1) is 0 Å². The lowest BCUT2D eigenvalue weighted by atomic mass is 9.74. The predicted octanol–water partition coefficient (Wildman–Crippen LogP) is 3.89. The molecule has 0 saturated carbocycles. The molecule has 0 radical (unpaired) electrons. The summed E-state index contributed by atoms with van der Waals surface area (Å²) in [6.07, 6.45) is 1.21. The molecule has 1 amide bonds. The maximum absolute atomic E-state index is 12.9. The van der Waals surface area contributed by atoms with Crippen molar-refractivity contribution in [2.75, 3.05) is 0 Å². The van der Waals surface area contributed by atoms with Gasteiger partial charge in [0, 0.05) is 11.1 Å². The second-order valence-corrected chi connectivity index (χ2v) is 6.98. The molecule has 2 atom stereocenters. The molecule has 22 heavy (non-hydrogen) atoms. The summed E-state index contributed by atoms with van der Waals surface area (Å²) in [5.41, 5.74) is 0.225. The number of nitrogens with zero attached hydrogens (tertiary/aromatic N) is 1. The first-order chi connectivity index (χ1) is 10.2. The number of halogens is 1. The van der Waals surface area contributed by atoms with E-state index in [1.165, 1.54) is 0 Å². The Morgan fingerprint density at radius 2 is 2.00 bits per heavy atom. The molecule has 0 aliphatic carbocycles. The van der Waals surface area contributed by atoms with E-state index in [4.69, 9.17) is 16.7 Å². The van der Waals surface area contributed by atoms with Gasteiger partial charge in [-0.25, -0.2) is 0 Å². The molecule has 4 nitrogen and oxygen atoms in total. The average molecular weight is 324 g/mol. The van der Waals surface area contributed by atoms with Gasteiger partial charge < -0.3 is 10.0 Å². The zero-order valence-electron chi connectivity index (χ0n) is 13.2. The smallest absolute Gasteiger partial charge is 0.304 e. The van der Waals surface area contributed by atoms with E-state index < -0.39 is 11.4 Å². The summed E-state index contributed by atoms with van der Waals surface area (Å²) < 4.78 is 0. The van der Waals surface area contributed by atoms with E-state index in [1.54, 1.807) is 6.92 Å². The number of amides is 1. The van der Waals surface area contributed by atoms with E-state index in [1.807, 2.05) is 43.0 Å². The number of aliphatic carboxylic acids is 1. The number of hydrogen-bond acceptors (Lipinski definition) is 2. The maximum atomic E-state index is 12.9. The molecule has 5 heteroatoms. The van der Waals surface area contributed by atoms with Crippen molar-refractivity contribution in [3.8, 4) is 0 Å². The fourth-order valence-electron chi connectivity index (χ4n) is 3.26. The number of likely N-dealkylation sites (tertiary alicyclic amines) is 1. The zero-order chi connectivity index (χ0) is 16.5. The van der Waals surface area contributed by atoms with Gasteiger partial charge in [-0.3, -0.25) is 9.59 Å². The normalized spacial score (nSPS) is 25.6. The molecule has 1 aromatic rings. The highest BCUT2D eigenvalue weighted by molar-refractivity contribution is 6.30. The summed E-state index contributed by atoms with van der Waals surface area (Å²) in [5.74, 6) is -0.999. The molecule has 1 aliphatic heterocycles. The van der Waals surface area contributed by atoms with Gasteiger partial charge in [-0.2, -0.15) is 0 Å². The Morgan fingerprint density at radius 3 is 2.50 bits per heavy atom. The first-order valence-corrected chi connectivity index (χ1v) is 7.92. The molecule has 0 bridgehead atoms. The summed E-state index contributed by atoms with van der Waals surface area (Å²) in [7, 11) is 0. The minimum atomic E-state index is -0.926. The molecule has 1 fully saturated rings. The van der Waals surface area contributed by atoms with Crippen LogP contribution in [0.4, 0.5) is 0 Å². The summed E-state index contributed by atoms with van der Waals surface area (Å²) in [4.78, 5) is 25.8. The summed E-state index contributed by atoms with van der Waals surface area (Å²) in [5, 5.41) is 9.77. The number of carboxylic acids is 1. The van der Waals surface area contributed by atoms with Gasteiger partial charge in [0.25, 0.3) is 0 Å². The van der Waals surface area contributed by atoms with Crippen LogP contribution in [-0.2, 0) is 9.59 Å². The number of carbonyl (C=O) groups excluding carboxylic acids is 1. The van der Waals surface area contributed by atoms with Crippen LogP contribution in [0.15, 0.2) is 24.3 Å². The standard InChI is InChI=1S/C17H22ClNO3/c1-11(2)19-14(12-4-6-13(18)7-5-12)8-9-17(3,16(19)22)10-15(20)21/h4-7,11,14H,8-10H2,1-3H3,(H,20,21)/t14?,17-/m1/s1. The van der Waals surface area contributed by atoms with Crippen LogP contribution in [0.2, 0.25) is 5.02 Å². The molecule has 1 heterocycles. The SMILES string of the molecule is CC(C)N1C(=O)[C@@](C)(CC(=O)O)CCC1c1ccc(Cl)cc1. The van der Waals surface area contributed by atoms with Crippen molar-refractivity contribution in [1.82, 2.24) is 4.90 Å². The third kappa shape index (κ3) is 3.27. The van der Waals surface area contributed by atoms with Gasteiger partial charge in [0.2, 0.25) is 5.91 Å².